The van der Waals surface area contributed by atoms with Crippen LogP contribution in [-0.2, 0) is 6.54 Å². The summed E-state index contributed by atoms with van der Waals surface area (Å²) in [6.45, 7) is 6.30. The molecule has 0 spiro atoms. The maximum Gasteiger partial charge on any atom is 0.0853 e. The number of thiophene rings is 1. The second-order valence-corrected chi connectivity index (χ2v) is 7.37. The van der Waals surface area contributed by atoms with E-state index in [1.165, 1.54) is 10.6 Å². The highest BCUT2D eigenvalue weighted by atomic mass is 79.9. The standard InChI is InChI=1S/C14H19Br2N3S/c1-3-5-17-13(12-7-10(15)9-20-12)14-11(16)8-18-19(14)6-4-2/h7-9,13,17H,3-6H2,1-2H3. The Labute approximate surface area is 141 Å². The number of rotatable bonds is 7. The van der Waals surface area contributed by atoms with Gasteiger partial charge in [-0.15, -0.1) is 11.3 Å². The van der Waals surface area contributed by atoms with Crippen LogP contribution in [0.4, 0.5) is 0 Å². The van der Waals surface area contributed by atoms with Crippen LogP contribution in [0.25, 0.3) is 0 Å². The Bertz CT molecular complexity index is 550. The molecule has 0 aliphatic carbocycles. The van der Waals surface area contributed by atoms with Crippen LogP contribution in [0.2, 0.25) is 0 Å². The van der Waals surface area contributed by atoms with Crippen molar-refractivity contribution in [2.45, 2.75) is 39.3 Å². The molecule has 0 aliphatic heterocycles. The molecule has 0 fully saturated rings. The van der Waals surface area contributed by atoms with Crippen molar-refractivity contribution in [2.75, 3.05) is 6.54 Å². The summed E-state index contributed by atoms with van der Waals surface area (Å²) in [6, 6.07) is 2.38. The lowest BCUT2D eigenvalue weighted by Crippen LogP contribution is -2.25. The Balaban J connectivity index is 2.37. The minimum absolute atomic E-state index is 0.190. The topological polar surface area (TPSA) is 29.9 Å². The molecule has 0 bridgehead atoms. The molecule has 0 amide bonds. The number of nitrogens with one attached hydrogen (secondary N) is 1. The van der Waals surface area contributed by atoms with Gasteiger partial charge in [0.2, 0.25) is 0 Å². The van der Waals surface area contributed by atoms with E-state index in [1.807, 2.05) is 6.20 Å². The second-order valence-electron chi connectivity index (χ2n) is 4.66. The van der Waals surface area contributed by atoms with Gasteiger partial charge in [-0.05, 0) is 57.3 Å². The van der Waals surface area contributed by atoms with Gasteiger partial charge in [-0.2, -0.15) is 5.10 Å². The van der Waals surface area contributed by atoms with E-state index in [4.69, 9.17) is 0 Å². The summed E-state index contributed by atoms with van der Waals surface area (Å²) in [5.41, 5.74) is 1.22. The fraction of sp³-hybridized carbons (Fsp3) is 0.500. The van der Waals surface area contributed by atoms with Gasteiger partial charge in [0.25, 0.3) is 0 Å². The van der Waals surface area contributed by atoms with Crippen molar-refractivity contribution in [1.29, 1.82) is 0 Å². The van der Waals surface area contributed by atoms with E-state index in [-0.39, 0.29) is 6.04 Å². The Morgan fingerprint density at radius 2 is 2.15 bits per heavy atom. The highest BCUT2D eigenvalue weighted by Gasteiger charge is 2.22. The number of hydrogen-bond acceptors (Lipinski definition) is 3. The molecule has 1 unspecified atom stereocenters. The Kier molecular flexibility index (Phi) is 6.26. The van der Waals surface area contributed by atoms with Gasteiger partial charge in [0.05, 0.1) is 22.4 Å². The molecule has 2 rings (SSSR count). The fourth-order valence-electron chi connectivity index (χ4n) is 2.15. The summed E-state index contributed by atoms with van der Waals surface area (Å²) in [4.78, 5) is 1.31. The average Bonchev–Trinajstić information content (AvgIpc) is 3.00. The SMILES string of the molecule is CCCNC(c1cc(Br)cs1)c1c(Br)cnn1CCC. The maximum absolute atomic E-state index is 4.49. The van der Waals surface area contributed by atoms with Crippen LogP contribution < -0.4 is 5.32 Å². The Hall–Kier alpha value is -0.170. The molecule has 20 heavy (non-hydrogen) atoms. The lowest BCUT2D eigenvalue weighted by atomic mass is 10.1. The van der Waals surface area contributed by atoms with Gasteiger partial charge in [-0.1, -0.05) is 13.8 Å². The second kappa shape index (κ2) is 7.73. The van der Waals surface area contributed by atoms with Crippen molar-refractivity contribution in [3.8, 4) is 0 Å². The van der Waals surface area contributed by atoms with E-state index >= 15 is 0 Å². The van der Waals surface area contributed by atoms with Gasteiger partial charge >= 0.3 is 0 Å². The Morgan fingerprint density at radius 1 is 1.35 bits per heavy atom. The van der Waals surface area contributed by atoms with Gasteiger partial charge in [0.1, 0.15) is 0 Å². The van der Waals surface area contributed by atoms with Crippen LogP contribution in [0, 0.1) is 0 Å². The zero-order valence-corrected chi connectivity index (χ0v) is 15.7. The largest absolute Gasteiger partial charge is 0.304 e. The first-order valence-corrected chi connectivity index (χ1v) is 9.32. The van der Waals surface area contributed by atoms with Crippen molar-refractivity contribution in [3.05, 3.63) is 37.2 Å². The number of nitrogens with zero attached hydrogens (tertiary/aromatic N) is 2. The smallest absolute Gasteiger partial charge is 0.0853 e. The average molecular weight is 421 g/mol. The monoisotopic (exact) mass is 419 g/mol. The molecule has 2 heterocycles. The molecule has 1 N–H and O–H groups in total. The molecule has 3 nitrogen and oxygen atoms in total. The van der Waals surface area contributed by atoms with E-state index in [0.29, 0.717) is 0 Å². The minimum atomic E-state index is 0.190. The van der Waals surface area contributed by atoms with Crippen molar-refractivity contribution >= 4 is 43.2 Å². The van der Waals surface area contributed by atoms with Crippen molar-refractivity contribution in [1.82, 2.24) is 15.1 Å². The zero-order valence-electron chi connectivity index (χ0n) is 11.7. The lowest BCUT2D eigenvalue weighted by Gasteiger charge is -2.19. The van der Waals surface area contributed by atoms with E-state index in [0.717, 1.165) is 34.9 Å². The third-order valence-corrected chi connectivity index (χ3v) is 5.38. The molecule has 0 saturated carbocycles. The van der Waals surface area contributed by atoms with Gasteiger partial charge in [0.15, 0.2) is 0 Å². The van der Waals surface area contributed by atoms with Gasteiger partial charge < -0.3 is 5.32 Å². The van der Waals surface area contributed by atoms with Crippen molar-refractivity contribution in [3.63, 3.8) is 0 Å². The molecule has 0 aromatic carbocycles. The fourth-order valence-corrected chi connectivity index (χ4v) is 4.20. The first-order chi connectivity index (χ1) is 9.67. The van der Waals surface area contributed by atoms with Gasteiger partial charge in [-0.25, -0.2) is 0 Å². The summed E-state index contributed by atoms with van der Waals surface area (Å²) >= 11 is 8.97. The molecule has 2 aromatic rings. The molecule has 0 radical (unpaired) electrons. The third kappa shape index (κ3) is 3.72. The van der Waals surface area contributed by atoms with Gasteiger partial charge in [-0.3, -0.25) is 4.68 Å². The van der Waals surface area contributed by atoms with Crippen LogP contribution in [0.5, 0.6) is 0 Å². The van der Waals surface area contributed by atoms with E-state index < -0.39 is 0 Å². The highest BCUT2D eigenvalue weighted by Crippen LogP contribution is 2.33. The molecule has 2 aromatic heterocycles. The molecule has 6 heteroatoms. The van der Waals surface area contributed by atoms with Crippen molar-refractivity contribution < 1.29 is 0 Å². The van der Waals surface area contributed by atoms with Crippen LogP contribution >= 0.6 is 43.2 Å². The summed E-state index contributed by atoms with van der Waals surface area (Å²) in [5.74, 6) is 0. The highest BCUT2D eigenvalue weighted by molar-refractivity contribution is 9.10. The maximum atomic E-state index is 4.49. The van der Waals surface area contributed by atoms with E-state index in [2.05, 4.69) is 72.3 Å². The first kappa shape index (κ1) is 16.2. The predicted octanol–water partition coefficient (Wildman–Crippen LogP) is 4.97. The van der Waals surface area contributed by atoms with Crippen LogP contribution in [-0.4, -0.2) is 16.3 Å². The molecule has 0 aliphatic rings. The predicted molar refractivity (Wildman–Crippen MR) is 92.4 cm³/mol. The molecular weight excluding hydrogens is 402 g/mol. The molecule has 110 valence electrons. The minimum Gasteiger partial charge on any atom is -0.304 e. The molecule has 1 atom stereocenters. The van der Waals surface area contributed by atoms with Crippen LogP contribution in [0.15, 0.2) is 26.6 Å². The van der Waals surface area contributed by atoms with Gasteiger partial charge in [0, 0.05) is 21.3 Å². The Morgan fingerprint density at radius 3 is 2.75 bits per heavy atom. The lowest BCUT2D eigenvalue weighted by molar-refractivity contribution is 0.514. The summed E-state index contributed by atoms with van der Waals surface area (Å²) in [6.07, 6.45) is 4.09. The van der Waals surface area contributed by atoms with Crippen LogP contribution in [0.3, 0.4) is 0 Å². The normalized spacial score (nSPS) is 12.8. The molecular formula is C14H19Br2N3S. The number of hydrogen-bond donors (Lipinski definition) is 1. The summed E-state index contributed by atoms with van der Waals surface area (Å²) < 4.78 is 4.31. The summed E-state index contributed by atoms with van der Waals surface area (Å²) in [5, 5.41) is 10.3. The number of aryl methyl sites for hydroxylation is 1. The summed E-state index contributed by atoms with van der Waals surface area (Å²) in [7, 11) is 0. The van der Waals surface area contributed by atoms with Crippen molar-refractivity contribution in [2.24, 2.45) is 0 Å². The zero-order chi connectivity index (χ0) is 14.5. The first-order valence-electron chi connectivity index (χ1n) is 6.85. The van der Waals surface area contributed by atoms with E-state index in [1.54, 1.807) is 11.3 Å². The van der Waals surface area contributed by atoms with E-state index in [9.17, 15) is 0 Å². The quantitative estimate of drug-likeness (QED) is 0.685. The number of halogens is 2. The third-order valence-electron chi connectivity index (χ3n) is 3.01. The number of aromatic nitrogens is 2. The van der Waals surface area contributed by atoms with Crippen LogP contribution in [0.1, 0.15) is 43.3 Å². The molecule has 0 saturated heterocycles.